The minimum atomic E-state index is -0.400. The minimum Gasteiger partial charge on any atom is -0.497 e. The second-order valence-corrected chi connectivity index (χ2v) is 7.79. The number of carbonyl (C=O) groups is 2. The number of hydrogen-bond donors (Lipinski definition) is 1. The maximum absolute atomic E-state index is 13.2. The molecule has 0 atom stereocenters. The van der Waals surface area contributed by atoms with Crippen molar-refractivity contribution in [3.63, 3.8) is 0 Å². The monoisotopic (exact) mass is 450 g/mol. The Morgan fingerprint density at radius 3 is 2.31 bits per heavy atom. The molecule has 1 N–H and O–H groups in total. The van der Waals surface area contributed by atoms with Gasteiger partial charge in [0.15, 0.2) is 0 Å². The SMILES string of the molecule is COc1ccc(OCCN2C(=O)C(Nc3ccccc3OC)=C(c3cccs3)C2=O)cc1. The van der Waals surface area contributed by atoms with Crippen LogP contribution in [0.4, 0.5) is 5.69 Å². The van der Waals surface area contributed by atoms with Crippen molar-refractivity contribution < 1.29 is 23.8 Å². The quantitative estimate of drug-likeness (QED) is 0.496. The van der Waals surface area contributed by atoms with E-state index < -0.39 is 5.91 Å². The Labute approximate surface area is 189 Å². The molecule has 8 heteroatoms. The number of anilines is 1. The first-order chi connectivity index (χ1) is 15.6. The zero-order chi connectivity index (χ0) is 22.5. The van der Waals surface area contributed by atoms with Crippen LogP contribution in [0.15, 0.2) is 71.7 Å². The van der Waals surface area contributed by atoms with E-state index in [-0.39, 0.29) is 24.8 Å². The van der Waals surface area contributed by atoms with E-state index in [0.717, 1.165) is 10.6 Å². The molecule has 0 fully saturated rings. The molecule has 4 rings (SSSR count). The van der Waals surface area contributed by atoms with E-state index in [1.165, 1.54) is 16.2 Å². The van der Waals surface area contributed by atoms with Gasteiger partial charge in [0.2, 0.25) is 0 Å². The highest BCUT2D eigenvalue weighted by Crippen LogP contribution is 2.34. The van der Waals surface area contributed by atoms with Gasteiger partial charge in [0.25, 0.3) is 11.8 Å². The zero-order valence-electron chi connectivity index (χ0n) is 17.7. The average molecular weight is 451 g/mol. The number of imide groups is 1. The summed E-state index contributed by atoms with van der Waals surface area (Å²) >= 11 is 1.40. The number of hydrogen-bond acceptors (Lipinski definition) is 7. The van der Waals surface area contributed by atoms with Gasteiger partial charge in [0.05, 0.1) is 32.0 Å². The Morgan fingerprint density at radius 1 is 0.875 bits per heavy atom. The van der Waals surface area contributed by atoms with Crippen LogP contribution >= 0.6 is 11.3 Å². The van der Waals surface area contributed by atoms with E-state index in [0.29, 0.717) is 22.8 Å². The number of carbonyl (C=O) groups excluding carboxylic acids is 2. The predicted octanol–water partition coefficient (Wildman–Crippen LogP) is 4.04. The van der Waals surface area contributed by atoms with Crippen molar-refractivity contribution in [1.82, 2.24) is 4.90 Å². The Bertz CT molecular complexity index is 1140. The van der Waals surface area contributed by atoms with E-state index in [9.17, 15) is 9.59 Å². The molecular weight excluding hydrogens is 428 g/mol. The molecule has 7 nitrogen and oxygen atoms in total. The van der Waals surface area contributed by atoms with Gasteiger partial charge in [-0.1, -0.05) is 18.2 Å². The molecule has 2 aromatic carbocycles. The van der Waals surface area contributed by atoms with Crippen LogP contribution in [0.25, 0.3) is 5.57 Å². The van der Waals surface area contributed by atoms with Gasteiger partial charge in [0.1, 0.15) is 29.6 Å². The van der Waals surface area contributed by atoms with Crippen molar-refractivity contribution in [2.75, 3.05) is 32.7 Å². The lowest BCUT2D eigenvalue weighted by molar-refractivity contribution is -0.137. The molecule has 1 aliphatic heterocycles. The number of ether oxygens (including phenoxy) is 3. The highest BCUT2D eigenvalue weighted by atomic mass is 32.1. The first-order valence-electron chi connectivity index (χ1n) is 9.93. The number of amides is 2. The van der Waals surface area contributed by atoms with Crippen molar-refractivity contribution >= 4 is 34.4 Å². The lowest BCUT2D eigenvalue weighted by Gasteiger charge is -2.16. The number of rotatable bonds is 9. The van der Waals surface area contributed by atoms with E-state index >= 15 is 0 Å². The van der Waals surface area contributed by atoms with Crippen molar-refractivity contribution in [2.45, 2.75) is 0 Å². The van der Waals surface area contributed by atoms with Crippen molar-refractivity contribution in [3.8, 4) is 17.2 Å². The normalized spacial score (nSPS) is 13.5. The van der Waals surface area contributed by atoms with Crippen LogP contribution in [-0.2, 0) is 9.59 Å². The third kappa shape index (κ3) is 4.31. The first kappa shape index (κ1) is 21.5. The summed E-state index contributed by atoms with van der Waals surface area (Å²) in [5, 5.41) is 5.00. The number of nitrogens with zero attached hydrogens (tertiary/aromatic N) is 1. The molecule has 164 valence electrons. The van der Waals surface area contributed by atoms with Crippen LogP contribution in [0.5, 0.6) is 17.2 Å². The first-order valence-corrected chi connectivity index (χ1v) is 10.8. The Kier molecular flexibility index (Phi) is 6.42. The topological polar surface area (TPSA) is 77.1 Å². The number of benzene rings is 2. The van der Waals surface area contributed by atoms with Crippen LogP contribution in [0, 0.1) is 0 Å². The second kappa shape index (κ2) is 9.57. The molecule has 0 saturated carbocycles. The summed E-state index contributed by atoms with van der Waals surface area (Å²) in [6, 6.07) is 18.0. The van der Waals surface area contributed by atoms with Crippen LogP contribution in [0.3, 0.4) is 0 Å². The summed E-state index contributed by atoms with van der Waals surface area (Å²) < 4.78 is 16.2. The van der Waals surface area contributed by atoms with E-state index in [1.807, 2.05) is 29.6 Å². The van der Waals surface area contributed by atoms with Gasteiger partial charge in [-0.05, 0) is 47.8 Å². The van der Waals surface area contributed by atoms with Gasteiger partial charge in [-0.25, -0.2) is 0 Å². The summed E-state index contributed by atoms with van der Waals surface area (Å²) in [6.07, 6.45) is 0. The Balaban J connectivity index is 1.54. The average Bonchev–Trinajstić information content (AvgIpc) is 3.42. The molecule has 3 aromatic rings. The van der Waals surface area contributed by atoms with Crippen LogP contribution in [-0.4, -0.2) is 44.1 Å². The molecule has 2 amide bonds. The molecule has 0 unspecified atom stereocenters. The van der Waals surface area contributed by atoms with Crippen molar-refractivity contribution in [2.24, 2.45) is 0 Å². The second-order valence-electron chi connectivity index (χ2n) is 6.84. The van der Waals surface area contributed by atoms with Crippen molar-refractivity contribution in [3.05, 3.63) is 76.6 Å². The highest BCUT2D eigenvalue weighted by Gasteiger charge is 2.39. The molecule has 0 bridgehead atoms. The fourth-order valence-corrected chi connectivity index (χ4v) is 4.12. The molecular formula is C24H22N2O5S. The molecule has 32 heavy (non-hydrogen) atoms. The van der Waals surface area contributed by atoms with Crippen LogP contribution in [0.1, 0.15) is 4.88 Å². The van der Waals surface area contributed by atoms with Crippen LogP contribution < -0.4 is 19.5 Å². The summed E-state index contributed by atoms with van der Waals surface area (Å²) in [5.74, 6) is 1.17. The number of thiophene rings is 1. The molecule has 0 spiro atoms. The summed E-state index contributed by atoms with van der Waals surface area (Å²) in [7, 11) is 3.15. The summed E-state index contributed by atoms with van der Waals surface area (Å²) in [4.78, 5) is 28.4. The maximum Gasteiger partial charge on any atom is 0.278 e. The Hall–Kier alpha value is -3.78. The summed E-state index contributed by atoms with van der Waals surface area (Å²) in [6.45, 7) is 0.291. The largest absolute Gasteiger partial charge is 0.497 e. The molecule has 1 aromatic heterocycles. The zero-order valence-corrected chi connectivity index (χ0v) is 18.5. The molecule has 0 radical (unpaired) electrons. The number of methoxy groups -OCH3 is 2. The summed E-state index contributed by atoms with van der Waals surface area (Å²) in [5.41, 5.74) is 1.18. The van der Waals surface area contributed by atoms with Crippen molar-refractivity contribution in [1.29, 1.82) is 0 Å². The fraction of sp³-hybridized carbons (Fsp3) is 0.167. The third-order valence-electron chi connectivity index (χ3n) is 4.95. The van der Waals surface area contributed by atoms with Gasteiger partial charge in [-0.15, -0.1) is 11.3 Å². The number of para-hydroxylation sites is 2. The van der Waals surface area contributed by atoms with E-state index in [4.69, 9.17) is 14.2 Å². The minimum absolute atomic E-state index is 0.121. The van der Waals surface area contributed by atoms with Gasteiger partial charge in [-0.2, -0.15) is 0 Å². The van der Waals surface area contributed by atoms with Gasteiger partial charge < -0.3 is 19.5 Å². The number of nitrogens with one attached hydrogen (secondary N) is 1. The third-order valence-corrected chi connectivity index (χ3v) is 5.83. The van der Waals surface area contributed by atoms with Crippen LogP contribution in [0.2, 0.25) is 0 Å². The van der Waals surface area contributed by atoms with Gasteiger partial charge >= 0.3 is 0 Å². The fourth-order valence-electron chi connectivity index (χ4n) is 3.35. The maximum atomic E-state index is 13.2. The highest BCUT2D eigenvalue weighted by molar-refractivity contribution is 7.11. The lowest BCUT2D eigenvalue weighted by Crippen LogP contribution is -2.36. The van der Waals surface area contributed by atoms with E-state index in [1.54, 1.807) is 50.6 Å². The van der Waals surface area contributed by atoms with Gasteiger partial charge in [-0.3, -0.25) is 14.5 Å². The molecule has 1 aliphatic rings. The predicted molar refractivity (Wildman–Crippen MR) is 123 cm³/mol. The molecule has 0 aliphatic carbocycles. The molecule has 0 saturated heterocycles. The smallest absolute Gasteiger partial charge is 0.278 e. The molecule has 2 heterocycles. The lowest BCUT2D eigenvalue weighted by atomic mass is 10.2. The standard InChI is InChI=1S/C24H22N2O5S/c1-29-16-9-11-17(12-10-16)31-14-13-26-23(27)21(20-8-5-15-32-20)22(24(26)28)25-18-6-3-4-7-19(18)30-2/h3-12,15,25H,13-14H2,1-2H3. The van der Waals surface area contributed by atoms with E-state index in [2.05, 4.69) is 5.32 Å². The Morgan fingerprint density at radius 2 is 1.62 bits per heavy atom. The van der Waals surface area contributed by atoms with Gasteiger partial charge in [0, 0.05) is 4.88 Å².